The van der Waals surface area contributed by atoms with Crippen LogP contribution in [-0.2, 0) is 4.74 Å². The first-order chi connectivity index (χ1) is 17.0. The molecule has 2 aromatic carbocycles. The summed E-state index contributed by atoms with van der Waals surface area (Å²) in [6.45, 7) is 5.80. The Morgan fingerprint density at radius 3 is 2.60 bits per heavy atom. The van der Waals surface area contributed by atoms with Crippen LogP contribution >= 0.6 is 11.3 Å². The van der Waals surface area contributed by atoms with E-state index in [0.717, 1.165) is 60.8 Å². The smallest absolute Gasteiger partial charge is 0.336 e. The lowest BCUT2D eigenvalue weighted by Gasteiger charge is -2.41. The van der Waals surface area contributed by atoms with Gasteiger partial charge in [0.25, 0.3) is 0 Å². The molecular formula is C29H29NO4S. The van der Waals surface area contributed by atoms with Crippen molar-refractivity contribution >= 4 is 38.3 Å². The predicted molar refractivity (Wildman–Crippen MR) is 140 cm³/mol. The van der Waals surface area contributed by atoms with E-state index < -0.39 is 5.97 Å². The molecule has 4 aromatic rings. The molecule has 2 aliphatic rings. The zero-order chi connectivity index (χ0) is 24.1. The van der Waals surface area contributed by atoms with E-state index in [1.165, 1.54) is 10.1 Å². The van der Waals surface area contributed by atoms with Crippen molar-refractivity contribution in [1.29, 1.82) is 0 Å². The first-order valence-corrected chi connectivity index (χ1v) is 13.2. The minimum absolute atomic E-state index is 0.125. The van der Waals surface area contributed by atoms with Crippen LogP contribution in [0.1, 0.15) is 47.2 Å². The first-order valence-electron chi connectivity index (χ1n) is 12.4. The number of aromatic nitrogens is 1. The maximum atomic E-state index is 12.5. The molecule has 0 spiro atoms. The fraction of sp³-hybridized carbons (Fsp3) is 0.379. The molecule has 5 nitrogen and oxygen atoms in total. The Hall–Kier alpha value is -2.96. The van der Waals surface area contributed by atoms with Gasteiger partial charge in [0, 0.05) is 17.9 Å². The average Bonchev–Trinajstić information content (AvgIpc) is 3.19. The van der Waals surface area contributed by atoms with Gasteiger partial charge in [-0.25, -0.2) is 9.78 Å². The average molecular weight is 488 g/mol. The van der Waals surface area contributed by atoms with Gasteiger partial charge in [0.1, 0.15) is 5.75 Å². The van der Waals surface area contributed by atoms with Crippen LogP contribution in [0.2, 0.25) is 0 Å². The number of hydrogen-bond donors (Lipinski definition) is 1. The van der Waals surface area contributed by atoms with Gasteiger partial charge in [-0.1, -0.05) is 24.3 Å². The summed E-state index contributed by atoms with van der Waals surface area (Å²) in [7, 11) is 0. The van der Waals surface area contributed by atoms with Crippen molar-refractivity contribution in [3.05, 3.63) is 59.2 Å². The van der Waals surface area contributed by atoms with E-state index in [4.69, 9.17) is 14.5 Å². The van der Waals surface area contributed by atoms with Crippen LogP contribution in [-0.4, -0.2) is 35.4 Å². The highest BCUT2D eigenvalue weighted by Gasteiger charge is 2.37. The fourth-order valence-corrected chi connectivity index (χ4v) is 6.87. The van der Waals surface area contributed by atoms with E-state index in [2.05, 4.69) is 19.1 Å². The number of aryl methyl sites for hydroxylation is 2. The zero-order valence-electron chi connectivity index (χ0n) is 20.0. The second-order valence-corrected chi connectivity index (χ2v) is 11.0. The predicted octanol–water partition coefficient (Wildman–Crippen LogP) is 7.02. The van der Waals surface area contributed by atoms with Crippen molar-refractivity contribution in [3.8, 4) is 16.3 Å². The van der Waals surface area contributed by atoms with Crippen molar-refractivity contribution in [2.45, 2.75) is 45.6 Å². The number of aromatic carboxylic acids is 1. The number of nitrogens with zero attached hydrogens (tertiary/aromatic N) is 1. The van der Waals surface area contributed by atoms with Crippen LogP contribution in [0.25, 0.3) is 31.6 Å². The van der Waals surface area contributed by atoms with E-state index in [1.54, 1.807) is 17.4 Å². The van der Waals surface area contributed by atoms with Gasteiger partial charge in [-0.05, 0) is 86.1 Å². The van der Waals surface area contributed by atoms with Crippen LogP contribution in [0.4, 0.5) is 0 Å². The fourth-order valence-electron chi connectivity index (χ4n) is 5.70. The number of fused-ring (bicyclic) bond motifs is 2. The summed E-state index contributed by atoms with van der Waals surface area (Å²) in [6.07, 6.45) is 4.44. The Morgan fingerprint density at radius 2 is 1.86 bits per heavy atom. The maximum Gasteiger partial charge on any atom is 0.336 e. The van der Waals surface area contributed by atoms with Gasteiger partial charge >= 0.3 is 5.97 Å². The molecule has 180 valence electrons. The second kappa shape index (κ2) is 8.92. The highest BCUT2D eigenvalue weighted by atomic mass is 32.1. The summed E-state index contributed by atoms with van der Waals surface area (Å²) in [5, 5.41) is 12.0. The Bertz CT molecular complexity index is 1430. The molecule has 6 heteroatoms. The third-order valence-corrected chi connectivity index (χ3v) is 9.08. The molecule has 35 heavy (non-hydrogen) atoms. The molecule has 0 bridgehead atoms. The summed E-state index contributed by atoms with van der Waals surface area (Å²) >= 11 is 1.66. The van der Waals surface area contributed by atoms with E-state index in [1.807, 2.05) is 31.2 Å². The molecule has 1 saturated heterocycles. The zero-order valence-corrected chi connectivity index (χ0v) is 20.9. The van der Waals surface area contributed by atoms with E-state index in [-0.39, 0.29) is 11.7 Å². The molecule has 0 radical (unpaired) electrons. The second-order valence-electron chi connectivity index (χ2n) is 9.94. The third-order valence-electron chi connectivity index (χ3n) is 7.79. The van der Waals surface area contributed by atoms with Gasteiger partial charge in [-0.2, -0.15) is 0 Å². The minimum atomic E-state index is -0.957. The van der Waals surface area contributed by atoms with Gasteiger partial charge < -0.3 is 14.6 Å². The van der Waals surface area contributed by atoms with Crippen molar-refractivity contribution < 1.29 is 19.4 Å². The Balaban J connectivity index is 1.37. The number of carboxylic acid groups (broad SMARTS) is 1. The molecule has 3 heterocycles. The van der Waals surface area contributed by atoms with Gasteiger partial charge in [0.15, 0.2) is 0 Å². The summed E-state index contributed by atoms with van der Waals surface area (Å²) in [4.78, 5) is 18.5. The molecule has 1 aliphatic carbocycles. The lowest BCUT2D eigenvalue weighted by molar-refractivity contribution is -0.0150. The van der Waals surface area contributed by atoms with Crippen LogP contribution in [0.5, 0.6) is 5.75 Å². The van der Waals surface area contributed by atoms with Gasteiger partial charge in [0.2, 0.25) is 0 Å². The third kappa shape index (κ3) is 3.99. The monoisotopic (exact) mass is 487 g/mol. The topological polar surface area (TPSA) is 68.7 Å². The van der Waals surface area contributed by atoms with Crippen molar-refractivity contribution in [2.24, 2.45) is 11.8 Å². The summed E-state index contributed by atoms with van der Waals surface area (Å²) in [6, 6.07) is 13.9. The number of pyridine rings is 1. The maximum absolute atomic E-state index is 12.5. The largest absolute Gasteiger partial charge is 0.490 e. The number of benzene rings is 2. The standard InChI is InChI=1S/C29H29NO4S/c1-16-7-8-24(34-20-13-19(14-20)18-9-11-33-12-10-18)26-22(29(31)32)15-23(30-27(16)26)28-17(2)21-5-3-4-6-25(21)35-28/h3-8,15,18-20H,9-14H2,1-2H3,(H,31,32). The number of ether oxygens (including phenoxy) is 2. The van der Waals surface area contributed by atoms with E-state index in [9.17, 15) is 9.90 Å². The highest BCUT2D eigenvalue weighted by Crippen LogP contribution is 2.43. The number of carbonyl (C=O) groups is 1. The van der Waals surface area contributed by atoms with Gasteiger partial charge in [0.05, 0.1) is 33.1 Å². The van der Waals surface area contributed by atoms with Crippen molar-refractivity contribution in [1.82, 2.24) is 4.98 Å². The van der Waals surface area contributed by atoms with Gasteiger partial charge in [-0.3, -0.25) is 0 Å². The molecule has 6 rings (SSSR count). The molecular weight excluding hydrogens is 458 g/mol. The molecule has 0 atom stereocenters. The molecule has 0 amide bonds. The molecule has 1 aliphatic heterocycles. The van der Waals surface area contributed by atoms with Gasteiger partial charge in [-0.15, -0.1) is 11.3 Å². The van der Waals surface area contributed by atoms with Crippen LogP contribution < -0.4 is 4.74 Å². The number of hydrogen-bond acceptors (Lipinski definition) is 5. The Kier molecular flexibility index (Phi) is 5.73. The molecule has 1 N–H and O–H groups in total. The number of thiophene rings is 1. The van der Waals surface area contributed by atoms with Crippen LogP contribution in [0.15, 0.2) is 42.5 Å². The number of carboxylic acids is 1. The summed E-state index contributed by atoms with van der Waals surface area (Å²) in [5.41, 5.74) is 3.74. The van der Waals surface area contributed by atoms with Crippen LogP contribution in [0.3, 0.4) is 0 Å². The van der Waals surface area contributed by atoms with Crippen LogP contribution in [0, 0.1) is 25.7 Å². The lowest BCUT2D eigenvalue weighted by Crippen LogP contribution is -2.39. The Labute approximate surface area is 208 Å². The van der Waals surface area contributed by atoms with Crippen molar-refractivity contribution in [2.75, 3.05) is 13.2 Å². The molecule has 1 saturated carbocycles. The van der Waals surface area contributed by atoms with E-state index >= 15 is 0 Å². The van der Waals surface area contributed by atoms with Crippen molar-refractivity contribution in [3.63, 3.8) is 0 Å². The van der Waals surface area contributed by atoms with E-state index in [0.29, 0.717) is 28.3 Å². The Morgan fingerprint density at radius 1 is 1.09 bits per heavy atom. The number of rotatable bonds is 5. The normalized spacial score (nSPS) is 20.7. The first kappa shape index (κ1) is 22.5. The summed E-state index contributed by atoms with van der Waals surface area (Å²) in [5.74, 6) is 1.08. The molecule has 0 unspecified atom stereocenters. The molecule has 2 fully saturated rings. The minimum Gasteiger partial charge on any atom is -0.490 e. The summed E-state index contributed by atoms with van der Waals surface area (Å²) < 4.78 is 13.1. The lowest BCUT2D eigenvalue weighted by atomic mass is 9.71. The SMILES string of the molecule is Cc1c(-c2cc(C(=O)O)c3c(OC4CC(C5CCOCC5)C4)ccc(C)c3n2)sc2ccccc12. The molecule has 2 aromatic heterocycles. The quantitative estimate of drug-likeness (QED) is 0.328. The highest BCUT2D eigenvalue weighted by molar-refractivity contribution is 7.22.